The van der Waals surface area contributed by atoms with Gasteiger partial charge in [0.25, 0.3) is 0 Å². The molecule has 2 aromatic rings. The summed E-state index contributed by atoms with van der Waals surface area (Å²) in [4.78, 5) is 12.7. The molecule has 0 spiro atoms. The van der Waals surface area contributed by atoms with E-state index in [1.807, 2.05) is 13.0 Å². The van der Waals surface area contributed by atoms with Crippen LogP contribution in [0.5, 0.6) is 17.2 Å². The average Bonchev–Trinajstić information content (AvgIpc) is 2.76. The Morgan fingerprint density at radius 1 is 0.968 bits per heavy atom. The summed E-state index contributed by atoms with van der Waals surface area (Å²) in [6, 6.07) is 9.86. The van der Waals surface area contributed by atoms with Crippen LogP contribution in [0, 0.1) is 0 Å². The van der Waals surface area contributed by atoms with Crippen LogP contribution in [0.15, 0.2) is 41.3 Å². The van der Waals surface area contributed by atoms with Gasteiger partial charge in [-0.05, 0) is 42.7 Å². The quantitative estimate of drug-likeness (QED) is 0.598. The molecular weight excluding hydrogens is 420 g/mol. The highest BCUT2D eigenvalue weighted by atomic mass is 32.2. The van der Waals surface area contributed by atoms with Crippen molar-refractivity contribution in [1.29, 1.82) is 0 Å². The summed E-state index contributed by atoms with van der Waals surface area (Å²) in [6.45, 7) is 1.85. The molecule has 0 saturated carbocycles. The second-order valence-corrected chi connectivity index (χ2v) is 9.29. The summed E-state index contributed by atoms with van der Waals surface area (Å²) < 4.78 is 41.6. The van der Waals surface area contributed by atoms with Crippen molar-refractivity contribution < 1.29 is 27.4 Å². The molecule has 0 saturated heterocycles. The van der Waals surface area contributed by atoms with Crippen LogP contribution in [0.4, 0.5) is 0 Å². The third-order valence-electron chi connectivity index (χ3n) is 4.94. The van der Waals surface area contributed by atoms with E-state index in [0.29, 0.717) is 23.7 Å². The molecule has 1 unspecified atom stereocenters. The zero-order chi connectivity index (χ0) is 23.2. The van der Waals surface area contributed by atoms with E-state index in [-0.39, 0.29) is 23.3 Å². The predicted octanol–water partition coefficient (Wildman–Crippen LogP) is 2.77. The number of methoxy groups -OCH3 is 3. The number of nitrogens with one attached hydrogen (secondary N) is 1. The molecule has 0 heterocycles. The Hall–Kier alpha value is -2.78. The van der Waals surface area contributed by atoms with Crippen molar-refractivity contribution >= 4 is 15.9 Å². The number of benzene rings is 2. The monoisotopic (exact) mass is 450 g/mol. The smallest absolute Gasteiger partial charge is 0.242 e. The lowest BCUT2D eigenvalue weighted by atomic mass is 10.1. The fourth-order valence-corrected chi connectivity index (χ4v) is 4.05. The van der Waals surface area contributed by atoms with E-state index in [2.05, 4.69) is 5.32 Å². The van der Waals surface area contributed by atoms with Crippen molar-refractivity contribution in [2.45, 2.75) is 30.7 Å². The zero-order valence-electron chi connectivity index (χ0n) is 18.8. The molecule has 2 rings (SSSR count). The molecule has 0 aliphatic rings. The molecule has 1 atom stereocenters. The number of hydrogen-bond acceptors (Lipinski definition) is 6. The Kier molecular flexibility index (Phi) is 8.29. The topological polar surface area (TPSA) is 94.2 Å². The van der Waals surface area contributed by atoms with Crippen LogP contribution in [0.2, 0.25) is 0 Å². The highest BCUT2D eigenvalue weighted by Gasteiger charge is 2.19. The van der Waals surface area contributed by atoms with Crippen LogP contribution in [-0.4, -0.2) is 54.1 Å². The van der Waals surface area contributed by atoms with Gasteiger partial charge < -0.3 is 19.5 Å². The molecule has 9 heteroatoms. The molecule has 0 fully saturated rings. The van der Waals surface area contributed by atoms with E-state index in [9.17, 15) is 13.2 Å². The summed E-state index contributed by atoms with van der Waals surface area (Å²) in [5.41, 5.74) is 1.65. The summed E-state index contributed by atoms with van der Waals surface area (Å²) in [5.74, 6) is 1.46. The van der Waals surface area contributed by atoms with E-state index < -0.39 is 10.0 Å². The summed E-state index contributed by atoms with van der Waals surface area (Å²) in [7, 11) is 4.12. The second-order valence-electron chi connectivity index (χ2n) is 7.14. The van der Waals surface area contributed by atoms with Crippen molar-refractivity contribution in [2.24, 2.45) is 0 Å². The van der Waals surface area contributed by atoms with Gasteiger partial charge in [-0.2, -0.15) is 0 Å². The van der Waals surface area contributed by atoms with E-state index in [0.717, 1.165) is 15.4 Å². The lowest BCUT2D eigenvalue weighted by Crippen LogP contribution is -2.27. The van der Waals surface area contributed by atoms with E-state index in [1.165, 1.54) is 21.2 Å². The Morgan fingerprint density at radius 2 is 1.58 bits per heavy atom. The van der Waals surface area contributed by atoms with Gasteiger partial charge in [0.05, 0.1) is 32.3 Å². The molecular formula is C22H30N2O6S. The second kappa shape index (κ2) is 10.5. The van der Waals surface area contributed by atoms with Crippen LogP contribution in [-0.2, 0) is 21.2 Å². The number of carbonyl (C=O) groups excluding carboxylic acids is 1. The molecule has 1 amide bonds. The molecule has 0 aliphatic heterocycles. The maximum atomic E-state index is 12.5. The summed E-state index contributed by atoms with van der Waals surface area (Å²) >= 11 is 0. The molecule has 0 bridgehead atoms. The minimum atomic E-state index is -3.48. The zero-order valence-corrected chi connectivity index (χ0v) is 19.6. The predicted molar refractivity (Wildman–Crippen MR) is 118 cm³/mol. The molecule has 0 aliphatic carbocycles. The Labute approximate surface area is 184 Å². The molecule has 8 nitrogen and oxygen atoms in total. The van der Waals surface area contributed by atoms with Gasteiger partial charge in [-0.25, -0.2) is 12.7 Å². The van der Waals surface area contributed by atoms with Crippen molar-refractivity contribution in [3.63, 3.8) is 0 Å². The number of rotatable bonds is 10. The maximum absolute atomic E-state index is 12.5. The molecule has 1 N–H and O–H groups in total. The number of ether oxygens (including phenoxy) is 3. The molecule has 0 radical (unpaired) electrons. The summed E-state index contributed by atoms with van der Waals surface area (Å²) in [5, 5.41) is 2.94. The summed E-state index contributed by atoms with van der Waals surface area (Å²) in [6.07, 6.45) is 0.714. The number of hydrogen-bond donors (Lipinski definition) is 1. The van der Waals surface area contributed by atoms with Crippen LogP contribution in [0.1, 0.15) is 30.5 Å². The number of amides is 1. The normalized spacial score (nSPS) is 12.4. The van der Waals surface area contributed by atoms with Gasteiger partial charge in [-0.15, -0.1) is 0 Å². The Bertz CT molecular complexity index is 1000. The van der Waals surface area contributed by atoms with Crippen LogP contribution in [0.25, 0.3) is 0 Å². The highest BCUT2D eigenvalue weighted by molar-refractivity contribution is 7.89. The fourth-order valence-electron chi connectivity index (χ4n) is 3.14. The third-order valence-corrected chi connectivity index (χ3v) is 6.77. The Morgan fingerprint density at radius 3 is 2.10 bits per heavy atom. The first-order chi connectivity index (χ1) is 14.6. The first kappa shape index (κ1) is 24.5. The van der Waals surface area contributed by atoms with Crippen LogP contribution in [0.3, 0.4) is 0 Å². The number of nitrogens with zero attached hydrogens (tertiary/aromatic N) is 1. The van der Waals surface area contributed by atoms with E-state index in [4.69, 9.17) is 14.2 Å². The molecule has 0 aromatic heterocycles. The van der Waals surface area contributed by atoms with E-state index >= 15 is 0 Å². The highest BCUT2D eigenvalue weighted by Crippen LogP contribution is 2.40. The van der Waals surface area contributed by atoms with Gasteiger partial charge in [0, 0.05) is 20.5 Å². The van der Waals surface area contributed by atoms with E-state index in [1.54, 1.807) is 44.6 Å². The lowest BCUT2D eigenvalue weighted by Gasteiger charge is -2.17. The lowest BCUT2D eigenvalue weighted by molar-refractivity contribution is -0.121. The van der Waals surface area contributed by atoms with Crippen LogP contribution >= 0.6 is 0 Å². The van der Waals surface area contributed by atoms with Crippen molar-refractivity contribution in [2.75, 3.05) is 35.4 Å². The Balaban J connectivity index is 2.04. The molecule has 31 heavy (non-hydrogen) atoms. The standard InChI is InChI=1S/C22H30N2O6S/c1-15(16-7-11-18(12-8-16)31(26,27)24(2)3)23-20(25)14-10-17-9-13-19(28-4)22(30-6)21(17)29-5/h7-9,11-13,15H,10,14H2,1-6H3,(H,23,25). The fraction of sp³-hybridized carbons (Fsp3) is 0.409. The van der Waals surface area contributed by atoms with Crippen molar-refractivity contribution in [3.8, 4) is 17.2 Å². The minimum absolute atomic E-state index is 0.130. The number of carbonyl (C=O) groups is 1. The number of sulfonamides is 1. The van der Waals surface area contributed by atoms with Gasteiger partial charge in [-0.1, -0.05) is 18.2 Å². The van der Waals surface area contributed by atoms with Crippen molar-refractivity contribution in [3.05, 3.63) is 47.5 Å². The third kappa shape index (κ3) is 5.68. The SMILES string of the molecule is COc1ccc(CCC(=O)NC(C)c2ccc(S(=O)(=O)N(C)C)cc2)c(OC)c1OC. The van der Waals surface area contributed by atoms with Crippen LogP contribution < -0.4 is 19.5 Å². The maximum Gasteiger partial charge on any atom is 0.242 e. The van der Waals surface area contributed by atoms with Gasteiger partial charge >= 0.3 is 0 Å². The van der Waals surface area contributed by atoms with Gasteiger partial charge in [0.15, 0.2) is 11.5 Å². The molecule has 2 aromatic carbocycles. The van der Waals surface area contributed by atoms with Gasteiger partial charge in [0.2, 0.25) is 21.7 Å². The molecule has 170 valence electrons. The number of aryl methyl sites for hydroxylation is 1. The van der Waals surface area contributed by atoms with Crippen molar-refractivity contribution in [1.82, 2.24) is 9.62 Å². The van der Waals surface area contributed by atoms with Gasteiger partial charge in [-0.3, -0.25) is 4.79 Å². The van der Waals surface area contributed by atoms with Gasteiger partial charge in [0.1, 0.15) is 0 Å². The largest absolute Gasteiger partial charge is 0.493 e. The first-order valence-corrected chi connectivity index (χ1v) is 11.2. The minimum Gasteiger partial charge on any atom is -0.493 e. The first-order valence-electron chi connectivity index (χ1n) is 9.75. The average molecular weight is 451 g/mol.